The number of para-hydroxylation sites is 1. The van der Waals surface area contributed by atoms with Crippen molar-refractivity contribution in [1.29, 1.82) is 0 Å². The van der Waals surface area contributed by atoms with Gasteiger partial charge in [0.25, 0.3) is 15.9 Å². The van der Waals surface area contributed by atoms with E-state index < -0.39 is 33.0 Å². The molecule has 0 aliphatic carbocycles. The zero-order valence-corrected chi connectivity index (χ0v) is 27.4. The SMILES string of the molecule is Cc1c(Cl)cccc1S(=O)(=O)Nc1ccc(F)c(Nc2ncnc3ccc(-n4cc(C(=O)N5CC[C@H](CO)C5)c5ccccc54)nc23)c1F. The van der Waals surface area contributed by atoms with Gasteiger partial charge in [0, 0.05) is 42.2 Å². The number of amides is 1. The molecule has 1 aliphatic heterocycles. The molecular weight excluding hydrogens is 676 g/mol. The van der Waals surface area contributed by atoms with Crippen LogP contribution in [0.4, 0.5) is 26.0 Å². The number of aliphatic hydroxyl groups is 1. The summed E-state index contributed by atoms with van der Waals surface area (Å²) in [5.74, 6) is -2.01. The molecule has 1 aliphatic rings. The van der Waals surface area contributed by atoms with Gasteiger partial charge >= 0.3 is 0 Å². The van der Waals surface area contributed by atoms with Gasteiger partial charge in [-0.15, -0.1) is 0 Å². The molecule has 0 unspecified atom stereocenters. The third-order valence-electron chi connectivity index (χ3n) is 8.57. The molecule has 3 aromatic heterocycles. The first kappa shape index (κ1) is 32.4. The highest BCUT2D eigenvalue weighted by molar-refractivity contribution is 7.92. The smallest absolute Gasteiger partial charge is 0.262 e. The number of sulfonamides is 1. The number of carbonyl (C=O) groups is 1. The van der Waals surface area contributed by atoms with Gasteiger partial charge in [-0.05, 0) is 61.4 Å². The van der Waals surface area contributed by atoms with Crippen LogP contribution in [0.15, 0.2) is 84.1 Å². The number of hydrogen-bond donors (Lipinski definition) is 3. The summed E-state index contributed by atoms with van der Waals surface area (Å²) in [6.45, 7) is 2.54. The van der Waals surface area contributed by atoms with Crippen LogP contribution in [0, 0.1) is 24.5 Å². The van der Waals surface area contributed by atoms with E-state index in [-0.39, 0.29) is 45.2 Å². The minimum atomic E-state index is -4.30. The third kappa shape index (κ3) is 5.92. The second-order valence-corrected chi connectivity index (χ2v) is 13.7. The second kappa shape index (κ2) is 12.7. The van der Waals surface area contributed by atoms with Crippen molar-refractivity contribution in [3.8, 4) is 5.82 Å². The molecule has 0 radical (unpaired) electrons. The number of rotatable bonds is 8. The van der Waals surface area contributed by atoms with E-state index in [4.69, 9.17) is 16.6 Å². The molecule has 1 saturated heterocycles. The number of nitrogens with one attached hydrogen (secondary N) is 2. The van der Waals surface area contributed by atoms with Crippen molar-refractivity contribution in [2.45, 2.75) is 18.2 Å². The summed E-state index contributed by atoms with van der Waals surface area (Å²) < 4.78 is 61.2. The van der Waals surface area contributed by atoms with E-state index in [0.717, 1.165) is 18.6 Å². The fourth-order valence-corrected chi connectivity index (χ4v) is 7.53. The van der Waals surface area contributed by atoms with E-state index >= 15 is 8.78 Å². The minimum absolute atomic E-state index is 0.0153. The van der Waals surface area contributed by atoms with Crippen LogP contribution in [0.25, 0.3) is 27.8 Å². The summed E-state index contributed by atoms with van der Waals surface area (Å²) >= 11 is 6.10. The predicted octanol–water partition coefficient (Wildman–Crippen LogP) is 6.21. The molecule has 49 heavy (non-hydrogen) atoms. The van der Waals surface area contributed by atoms with E-state index in [0.29, 0.717) is 40.9 Å². The summed E-state index contributed by atoms with van der Waals surface area (Å²) in [5, 5.41) is 13.1. The maximum absolute atomic E-state index is 15.8. The highest BCUT2D eigenvalue weighted by Crippen LogP contribution is 2.33. The molecule has 15 heteroatoms. The fourth-order valence-electron chi connectivity index (χ4n) is 5.97. The number of fused-ring (bicyclic) bond motifs is 2. The van der Waals surface area contributed by atoms with Gasteiger partial charge < -0.3 is 19.9 Å². The average Bonchev–Trinajstić information content (AvgIpc) is 3.74. The number of benzene rings is 3. The number of likely N-dealkylation sites (tertiary alicyclic amines) is 1. The number of nitrogens with zero attached hydrogens (tertiary/aromatic N) is 5. The van der Waals surface area contributed by atoms with Crippen LogP contribution in [0.2, 0.25) is 5.02 Å². The first-order valence-corrected chi connectivity index (χ1v) is 17.1. The minimum Gasteiger partial charge on any atom is -0.396 e. The number of pyridine rings is 1. The number of aromatic nitrogens is 4. The van der Waals surface area contributed by atoms with Crippen molar-refractivity contribution in [3.63, 3.8) is 0 Å². The number of aliphatic hydroxyl groups excluding tert-OH is 1. The average molecular weight is 704 g/mol. The van der Waals surface area contributed by atoms with Gasteiger partial charge in [-0.3, -0.25) is 9.52 Å². The first-order chi connectivity index (χ1) is 23.6. The Morgan fingerprint density at radius 3 is 2.67 bits per heavy atom. The highest BCUT2D eigenvalue weighted by atomic mass is 35.5. The standard InChI is InChI=1S/C34H28ClF2N7O4S/c1-19-23(35)6-4-8-28(19)49(47,48)42-25-10-9-24(36)31(30(25)37)41-33-32-26(38-18-39-33)11-12-29(40-32)44-16-22(21-5-2-3-7-27(21)44)34(46)43-14-13-20(15-43)17-45/h2-12,16,18,20,42,45H,13-15,17H2,1H3,(H,38,39,41)/t20-/m0/s1. The normalized spacial score (nSPS) is 14.9. The Bertz CT molecular complexity index is 2390. The second-order valence-electron chi connectivity index (χ2n) is 11.7. The number of hydrogen-bond acceptors (Lipinski definition) is 8. The molecule has 0 spiro atoms. The Hall–Kier alpha value is -5.18. The van der Waals surface area contributed by atoms with Crippen molar-refractivity contribution >= 4 is 66.7 Å². The molecule has 1 fully saturated rings. The maximum atomic E-state index is 15.8. The van der Waals surface area contributed by atoms with Gasteiger partial charge in [0.2, 0.25) is 0 Å². The summed E-state index contributed by atoms with van der Waals surface area (Å²) in [5.41, 5.74) is 0.788. The van der Waals surface area contributed by atoms with E-state index in [1.807, 2.05) is 24.3 Å². The van der Waals surface area contributed by atoms with Crippen LogP contribution in [0.3, 0.4) is 0 Å². The van der Waals surface area contributed by atoms with Crippen LogP contribution >= 0.6 is 11.6 Å². The van der Waals surface area contributed by atoms with Crippen LogP contribution < -0.4 is 10.0 Å². The van der Waals surface area contributed by atoms with Crippen LogP contribution in [0.5, 0.6) is 0 Å². The molecule has 7 rings (SSSR count). The highest BCUT2D eigenvalue weighted by Gasteiger charge is 2.29. The van der Waals surface area contributed by atoms with Crippen LogP contribution in [0.1, 0.15) is 22.3 Å². The lowest BCUT2D eigenvalue weighted by atomic mass is 10.1. The fraction of sp³-hybridized carbons (Fsp3) is 0.176. The molecule has 0 saturated carbocycles. The van der Waals surface area contributed by atoms with Crippen LogP contribution in [-0.4, -0.2) is 63.5 Å². The van der Waals surface area contributed by atoms with Gasteiger partial charge in [-0.2, -0.15) is 0 Å². The van der Waals surface area contributed by atoms with Crippen LogP contribution in [-0.2, 0) is 10.0 Å². The molecule has 0 bridgehead atoms. The molecular formula is C34H28ClF2N7O4S. The maximum Gasteiger partial charge on any atom is 0.262 e. The number of carbonyl (C=O) groups excluding carboxylic acids is 1. The molecule has 1 atom stereocenters. The number of anilines is 3. The summed E-state index contributed by atoms with van der Waals surface area (Å²) in [4.78, 5) is 28.3. The molecule has 4 heterocycles. The Balaban J connectivity index is 1.25. The van der Waals surface area contributed by atoms with Crippen molar-refractivity contribution in [2.24, 2.45) is 5.92 Å². The quantitative estimate of drug-likeness (QED) is 0.170. The topological polar surface area (TPSA) is 142 Å². The predicted molar refractivity (Wildman–Crippen MR) is 182 cm³/mol. The monoisotopic (exact) mass is 703 g/mol. The Labute approximate surface area is 284 Å². The van der Waals surface area contributed by atoms with E-state index in [1.54, 1.807) is 27.8 Å². The molecule has 3 aromatic carbocycles. The number of halogens is 3. The van der Waals surface area contributed by atoms with Crippen molar-refractivity contribution in [2.75, 3.05) is 29.7 Å². The summed E-state index contributed by atoms with van der Waals surface area (Å²) in [7, 11) is -4.30. The molecule has 6 aromatic rings. The van der Waals surface area contributed by atoms with Gasteiger partial charge in [-0.1, -0.05) is 35.9 Å². The van der Waals surface area contributed by atoms with Crippen molar-refractivity contribution in [1.82, 2.24) is 24.4 Å². The van der Waals surface area contributed by atoms with Gasteiger partial charge in [0.1, 0.15) is 29.2 Å². The van der Waals surface area contributed by atoms with Gasteiger partial charge in [0.05, 0.1) is 27.2 Å². The van der Waals surface area contributed by atoms with E-state index in [1.165, 1.54) is 31.5 Å². The first-order valence-electron chi connectivity index (χ1n) is 15.2. The lowest BCUT2D eigenvalue weighted by Gasteiger charge is -2.15. The molecule has 250 valence electrons. The Kier molecular flexibility index (Phi) is 8.38. The molecule has 11 nitrogen and oxygen atoms in total. The van der Waals surface area contributed by atoms with Gasteiger partial charge in [0.15, 0.2) is 11.6 Å². The Morgan fingerprint density at radius 2 is 1.88 bits per heavy atom. The molecule has 3 N–H and O–H groups in total. The van der Waals surface area contributed by atoms with Gasteiger partial charge in [-0.25, -0.2) is 32.2 Å². The Morgan fingerprint density at radius 1 is 1.06 bits per heavy atom. The molecule has 1 amide bonds. The van der Waals surface area contributed by atoms with Crippen molar-refractivity contribution < 1.29 is 27.1 Å². The van der Waals surface area contributed by atoms with E-state index in [9.17, 15) is 18.3 Å². The lowest BCUT2D eigenvalue weighted by Crippen LogP contribution is -2.29. The van der Waals surface area contributed by atoms with E-state index in [2.05, 4.69) is 20.0 Å². The lowest BCUT2D eigenvalue weighted by molar-refractivity contribution is 0.0783. The third-order valence-corrected chi connectivity index (χ3v) is 10.5. The summed E-state index contributed by atoms with van der Waals surface area (Å²) in [6, 6.07) is 16.9. The largest absolute Gasteiger partial charge is 0.396 e. The zero-order chi connectivity index (χ0) is 34.4. The summed E-state index contributed by atoms with van der Waals surface area (Å²) in [6.07, 6.45) is 3.62. The zero-order valence-electron chi connectivity index (χ0n) is 25.9. The van der Waals surface area contributed by atoms with Crippen molar-refractivity contribution in [3.05, 3.63) is 107 Å².